The fourth-order valence-electron chi connectivity index (χ4n) is 4.31. The first kappa shape index (κ1) is 19.1. The van der Waals surface area contributed by atoms with Crippen molar-refractivity contribution in [3.63, 3.8) is 0 Å². The molecule has 3 aliphatic rings. The third-order valence-corrected chi connectivity index (χ3v) is 6.01. The third-order valence-electron chi connectivity index (χ3n) is 5.45. The van der Waals surface area contributed by atoms with Gasteiger partial charge in [0, 0.05) is 41.3 Å². The Kier molecular flexibility index (Phi) is 5.23. The van der Waals surface area contributed by atoms with Gasteiger partial charge in [-0.15, -0.1) is 6.42 Å². The lowest BCUT2D eigenvalue weighted by Crippen LogP contribution is -2.36. The number of nitrogens with one attached hydrogen (secondary N) is 1. The highest BCUT2D eigenvalue weighted by molar-refractivity contribution is 6.37. The van der Waals surface area contributed by atoms with E-state index in [-0.39, 0.29) is 18.2 Å². The number of carbonyl (C=O) groups is 2. The van der Waals surface area contributed by atoms with E-state index in [1.165, 1.54) is 0 Å². The maximum atomic E-state index is 12.8. The van der Waals surface area contributed by atoms with Gasteiger partial charge in [-0.05, 0) is 43.4 Å². The molecule has 0 spiro atoms. The van der Waals surface area contributed by atoms with Gasteiger partial charge in [0.2, 0.25) is 0 Å². The van der Waals surface area contributed by atoms with Crippen LogP contribution in [0, 0.1) is 12.3 Å². The Balaban J connectivity index is 1.87. The average molecular weight is 416 g/mol. The summed E-state index contributed by atoms with van der Waals surface area (Å²) in [5.74, 6) is 2.40. The smallest absolute Gasteiger partial charge is 0.161 e. The van der Waals surface area contributed by atoms with Gasteiger partial charge in [-0.2, -0.15) is 0 Å². The van der Waals surface area contributed by atoms with E-state index < -0.39 is 5.92 Å². The molecule has 28 heavy (non-hydrogen) atoms. The average Bonchev–Trinajstić information content (AvgIpc) is 2.66. The molecule has 0 aromatic heterocycles. The minimum atomic E-state index is -0.441. The number of hydrogen-bond acceptors (Lipinski definition) is 4. The van der Waals surface area contributed by atoms with Crippen molar-refractivity contribution in [2.24, 2.45) is 0 Å². The molecule has 0 fully saturated rings. The molecule has 0 atom stereocenters. The number of terminal acetylenes is 1. The van der Waals surface area contributed by atoms with E-state index in [2.05, 4.69) is 11.2 Å². The molecule has 1 aliphatic heterocycles. The number of dihydropyridines is 1. The van der Waals surface area contributed by atoms with Crippen LogP contribution in [0.25, 0.3) is 0 Å². The molecule has 4 nitrogen and oxygen atoms in total. The number of halogens is 2. The van der Waals surface area contributed by atoms with Gasteiger partial charge in [0.25, 0.3) is 0 Å². The van der Waals surface area contributed by atoms with Crippen LogP contribution in [0.2, 0.25) is 10.0 Å². The van der Waals surface area contributed by atoms with Gasteiger partial charge >= 0.3 is 0 Å². The fraction of sp³-hybridized carbons (Fsp3) is 0.364. The monoisotopic (exact) mass is 415 g/mol. The summed E-state index contributed by atoms with van der Waals surface area (Å²) in [6, 6.07) is 3.46. The van der Waals surface area contributed by atoms with Crippen LogP contribution in [0.3, 0.4) is 0 Å². The maximum absolute atomic E-state index is 12.8. The van der Waals surface area contributed by atoms with Crippen LogP contribution in [0.15, 0.2) is 34.7 Å². The number of carbonyl (C=O) groups excluding carboxylic acids is 2. The van der Waals surface area contributed by atoms with Gasteiger partial charge in [0.1, 0.15) is 6.61 Å². The van der Waals surface area contributed by atoms with E-state index in [1.807, 2.05) is 0 Å². The number of ketones is 2. The van der Waals surface area contributed by atoms with E-state index in [4.69, 9.17) is 34.4 Å². The zero-order chi connectivity index (χ0) is 19.8. The van der Waals surface area contributed by atoms with Gasteiger partial charge in [-0.25, -0.2) is 0 Å². The standard InChI is InChI=1S/C22H19Cl2NO3/c1-2-9-28-22-13(23)10-12(11-14(22)24)19-20-15(5-3-7-17(20)26)25-16-6-4-8-18(27)21(16)19/h1,10-11,19,25H,3-9H2. The van der Waals surface area contributed by atoms with Crippen LogP contribution < -0.4 is 10.1 Å². The van der Waals surface area contributed by atoms with Gasteiger partial charge in [0.15, 0.2) is 17.3 Å². The number of allylic oxidation sites excluding steroid dienone is 4. The van der Waals surface area contributed by atoms with Crippen molar-refractivity contribution in [3.05, 3.63) is 50.3 Å². The lowest BCUT2D eigenvalue weighted by atomic mass is 9.71. The van der Waals surface area contributed by atoms with E-state index in [1.54, 1.807) is 12.1 Å². The van der Waals surface area contributed by atoms with E-state index in [0.717, 1.165) is 42.6 Å². The topological polar surface area (TPSA) is 55.4 Å². The molecule has 1 aromatic rings. The van der Waals surface area contributed by atoms with Crippen LogP contribution >= 0.6 is 23.2 Å². The Labute approximate surface area is 173 Å². The zero-order valence-corrected chi connectivity index (χ0v) is 16.8. The van der Waals surface area contributed by atoms with Crippen LogP contribution in [0.1, 0.15) is 50.0 Å². The predicted octanol–water partition coefficient (Wildman–Crippen LogP) is 4.71. The van der Waals surface area contributed by atoms with Crippen molar-refractivity contribution in [2.45, 2.75) is 44.4 Å². The Morgan fingerprint density at radius 2 is 1.54 bits per heavy atom. The van der Waals surface area contributed by atoms with Gasteiger partial charge in [-0.3, -0.25) is 9.59 Å². The summed E-state index contributed by atoms with van der Waals surface area (Å²) in [6.07, 6.45) is 9.44. The van der Waals surface area contributed by atoms with Crippen LogP contribution in [0.4, 0.5) is 0 Å². The normalized spacial score (nSPS) is 19.8. The first-order valence-electron chi connectivity index (χ1n) is 9.36. The summed E-state index contributed by atoms with van der Waals surface area (Å²) in [5, 5.41) is 4.02. The quantitative estimate of drug-likeness (QED) is 0.726. The second kappa shape index (κ2) is 7.66. The predicted molar refractivity (Wildman–Crippen MR) is 108 cm³/mol. The molecule has 0 saturated heterocycles. The Morgan fingerprint density at radius 1 is 1.00 bits per heavy atom. The van der Waals surface area contributed by atoms with Crippen LogP contribution in [0.5, 0.6) is 5.75 Å². The highest BCUT2D eigenvalue weighted by Gasteiger charge is 2.40. The van der Waals surface area contributed by atoms with Crippen molar-refractivity contribution in [2.75, 3.05) is 6.61 Å². The second-order valence-electron chi connectivity index (χ2n) is 7.20. The molecule has 6 heteroatoms. The molecular weight excluding hydrogens is 397 g/mol. The largest absolute Gasteiger partial charge is 0.478 e. The molecule has 0 bridgehead atoms. The molecule has 1 heterocycles. The molecule has 0 radical (unpaired) electrons. The summed E-state index contributed by atoms with van der Waals surface area (Å²) in [4.78, 5) is 25.7. The summed E-state index contributed by atoms with van der Waals surface area (Å²) in [7, 11) is 0. The van der Waals surface area contributed by atoms with E-state index in [0.29, 0.717) is 39.8 Å². The highest BCUT2D eigenvalue weighted by Crippen LogP contribution is 2.47. The lowest BCUT2D eigenvalue weighted by Gasteiger charge is -2.37. The Hall–Kier alpha value is -2.22. The zero-order valence-electron chi connectivity index (χ0n) is 15.2. The molecule has 4 rings (SSSR count). The summed E-state index contributed by atoms with van der Waals surface area (Å²) in [5.41, 5.74) is 3.92. The first-order valence-corrected chi connectivity index (χ1v) is 10.1. The molecule has 0 unspecified atom stereocenters. The Morgan fingerprint density at radius 3 is 2.04 bits per heavy atom. The Bertz CT molecular complexity index is 919. The SMILES string of the molecule is C#CCOc1c(Cl)cc(C2C3=C(CCCC3=O)NC3=C2C(=O)CCC3)cc1Cl. The number of ether oxygens (including phenoxy) is 1. The lowest BCUT2D eigenvalue weighted by molar-refractivity contribution is -0.116. The number of Topliss-reactive ketones (excluding diaryl/α,β-unsaturated/α-hetero) is 2. The maximum Gasteiger partial charge on any atom is 0.161 e. The first-order chi connectivity index (χ1) is 13.5. The summed E-state index contributed by atoms with van der Waals surface area (Å²) in [6.45, 7) is 0.0493. The number of rotatable bonds is 3. The molecule has 0 saturated carbocycles. The van der Waals surface area contributed by atoms with Crippen LogP contribution in [-0.4, -0.2) is 18.2 Å². The molecule has 1 aromatic carbocycles. The second-order valence-corrected chi connectivity index (χ2v) is 8.02. The fourth-order valence-corrected chi connectivity index (χ4v) is 4.93. The molecule has 1 N–H and O–H groups in total. The van der Waals surface area contributed by atoms with E-state index in [9.17, 15) is 9.59 Å². The number of benzene rings is 1. The highest BCUT2D eigenvalue weighted by atomic mass is 35.5. The number of hydrogen-bond donors (Lipinski definition) is 1. The minimum absolute atomic E-state index is 0.0493. The third kappa shape index (κ3) is 3.23. The van der Waals surface area contributed by atoms with Crippen molar-refractivity contribution < 1.29 is 14.3 Å². The molecular formula is C22H19Cl2NO3. The van der Waals surface area contributed by atoms with Crippen molar-refractivity contribution in [1.29, 1.82) is 0 Å². The van der Waals surface area contributed by atoms with Gasteiger partial charge in [0.05, 0.1) is 10.0 Å². The minimum Gasteiger partial charge on any atom is -0.478 e. The van der Waals surface area contributed by atoms with Crippen molar-refractivity contribution >= 4 is 34.8 Å². The summed E-state index contributed by atoms with van der Waals surface area (Å²) >= 11 is 12.8. The molecule has 144 valence electrons. The molecule has 0 amide bonds. The van der Waals surface area contributed by atoms with Crippen molar-refractivity contribution in [3.8, 4) is 18.1 Å². The summed E-state index contributed by atoms with van der Waals surface area (Å²) < 4.78 is 5.44. The molecule has 2 aliphatic carbocycles. The van der Waals surface area contributed by atoms with Crippen LogP contribution in [-0.2, 0) is 9.59 Å². The van der Waals surface area contributed by atoms with Gasteiger partial charge in [-0.1, -0.05) is 29.1 Å². The van der Waals surface area contributed by atoms with E-state index >= 15 is 0 Å². The van der Waals surface area contributed by atoms with Crippen molar-refractivity contribution in [1.82, 2.24) is 5.32 Å². The van der Waals surface area contributed by atoms with Gasteiger partial charge < -0.3 is 10.1 Å².